The molecule has 1 aromatic carbocycles. The molecule has 1 aliphatic rings. The highest BCUT2D eigenvalue weighted by molar-refractivity contribution is 6.31. The van der Waals surface area contributed by atoms with Gasteiger partial charge in [0.15, 0.2) is 0 Å². The van der Waals surface area contributed by atoms with Gasteiger partial charge < -0.3 is 9.72 Å². The monoisotopic (exact) mass is 403 g/mol. The molecular formula is C21H20ClF2N3O. The van der Waals surface area contributed by atoms with Crippen LogP contribution < -0.4 is 4.74 Å². The predicted molar refractivity (Wildman–Crippen MR) is 104 cm³/mol. The van der Waals surface area contributed by atoms with Crippen molar-refractivity contribution < 1.29 is 13.5 Å². The second-order valence-electron chi connectivity index (χ2n) is 7.32. The van der Waals surface area contributed by atoms with Crippen molar-refractivity contribution in [3.8, 4) is 17.0 Å². The number of nitrogens with zero attached hydrogens (tertiary/aromatic N) is 2. The Morgan fingerprint density at radius 2 is 2.00 bits per heavy atom. The number of aromatic nitrogens is 3. The number of pyridine rings is 1. The molecule has 2 heterocycles. The third kappa shape index (κ3) is 3.87. The summed E-state index contributed by atoms with van der Waals surface area (Å²) in [6.45, 7) is 4.31. The minimum atomic E-state index is -2.59. The molecule has 0 atom stereocenters. The van der Waals surface area contributed by atoms with Crippen molar-refractivity contribution in [1.82, 2.24) is 15.0 Å². The zero-order valence-electron chi connectivity index (χ0n) is 15.6. The van der Waals surface area contributed by atoms with Crippen LogP contribution >= 0.6 is 11.6 Å². The summed E-state index contributed by atoms with van der Waals surface area (Å²) in [5.74, 6) is -1.58. The second kappa shape index (κ2) is 7.17. The molecule has 1 saturated carbocycles. The molecule has 146 valence electrons. The molecule has 1 N–H and O–H groups in total. The van der Waals surface area contributed by atoms with Crippen molar-refractivity contribution >= 4 is 11.6 Å². The molecule has 0 radical (unpaired) electrons. The quantitative estimate of drug-likeness (QED) is 0.582. The molecule has 0 aliphatic heterocycles. The molecule has 0 unspecified atom stereocenters. The van der Waals surface area contributed by atoms with Crippen LogP contribution in [-0.4, -0.2) is 20.9 Å². The SMILES string of the molecule is Cc1ccc(COc2ccc(-c3nc(C4CC(F)(F)C4)[nH]c3Cl)cc2C)cn1. The van der Waals surface area contributed by atoms with Crippen LogP contribution in [0.5, 0.6) is 5.75 Å². The van der Waals surface area contributed by atoms with Crippen molar-refractivity contribution in [2.75, 3.05) is 0 Å². The standard InChI is InChI=1S/C21H20ClF2N3O/c1-12-7-15(5-6-17(12)28-11-14-4-3-13(2)25-10-14)18-19(22)27-20(26-18)16-8-21(23,24)9-16/h3-7,10,16H,8-9,11H2,1-2H3,(H,26,27). The van der Waals surface area contributed by atoms with Crippen LogP contribution in [0, 0.1) is 13.8 Å². The maximum Gasteiger partial charge on any atom is 0.249 e. The highest BCUT2D eigenvalue weighted by atomic mass is 35.5. The smallest absolute Gasteiger partial charge is 0.249 e. The normalized spacial score (nSPS) is 16.0. The van der Waals surface area contributed by atoms with E-state index in [1.165, 1.54) is 0 Å². The molecule has 28 heavy (non-hydrogen) atoms. The average Bonchev–Trinajstić information content (AvgIpc) is 3.01. The molecule has 3 aromatic rings. The Morgan fingerprint density at radius 3 is 2.64 bits per heavy atom. The van der Waals surface area contributed by atoms with Crippen LogP contribution in [0.4, 0.5) is 8.78 Å². The predicted octanol–water partition coefficient (Wildman–Crippen LogP) is 5.83. The van der Waals surface area contributed by atoms with Gasteiger partial charge in [0, 0.05) is 41.8 Å². The third-order valence-corrected chi connectivity index (χ3v) is 5.24. The second-order valence-corrected chi connectivity index (χ2v) is 7.70. The number of aromatic amines is 1. The van der Waals surface area contributed by atoms with Gasteiger partial charge in [-0.3, -0.25) is 4.98 Å². The Hall–Kier alpha value is -2.47. The zero-order valence-corrected chi connectivity index (χ0v) is 16.4. The van der Waals surface area contributed by atoms with Crippen LogP contribution in [0.25, 0.3) is 11.3 Å². The fourth-order valence-electron chi connectivity index (χ4n) is 3.31. The van der Waals surface area contributed by atoms with E-state index in [-0.39, 0.29) is 18.8 Å². The van der Waals surface area contributed by atoms with Crippen molar-refractivity contribution in [2.24, 2.45) is 0 Å². The van der Waals surface area contributed by atoms with Gasteiger partial charge >= 0.3 is 0 Å². The Kier molecular flexibility index (Phi) is 4.83. The number of ether oxygens (including phenoxy) is 1. The Balaban J connectivity index is 1.48. The van der Waals surface area contributed by atoms with E-state index in [9.17, 15) is 8.78 Å². The number of benzene rings is 1. The molecule has 2 aromatic heterocycles. The fourth-order valence-corrected chi connectivity index (χ4v) is 3.56. The summed E-state index contributed by atoms with van der Waals surface area (Å²) in [5, 5.41) is 0.365. The van der Waals surface area contributed by atoms with Gasteiger partial charge in [-0.2, -0.15) is 0 Å². The molecule has 0 amide bonds. The zero-order chi connectivity index (χ0) is 19.9. The molecule has 1 fully saturated rings. The highest BCUT2D eigenvalue weighted by Crippen LogP contribution is 2.48. The summed E-state index contributed by atoms with van der Waals surface area (Å²) in [6.07, 6.45) is 1.43. The van der Waals surface area contributed by atoms with Gasteiger partial charge in [-0.05, 0) is 43.7 Å². The van der Waals surface area contributed by atoms with Gasteiger partial charge in [0.25, 0.3) is 0 Å². The molecule has 4 nitrogen and oxygen atoms in total. The number of H-pyrrole nitrogens is 1. The number of hydrogen-bond donors (Lipinski definition) is 1. The number of aryl methyl sites for hydroxylation is 2. The summed E-state index contributed by atoms with van der Waals surface area (Å²) in [6, 6.07) is 9.61. The van der Waals surface area contributed by atoms with Crippen LogP contribution in [0.1, 0.15) is 41.4 Å². The Bertz CT molecular complexity index is 993. The number of halogens is 3. The number of rotatable bonds is 5. The van der Waals surface area contributed by atoms with Crippen LogP contribution in [0.2, 0.25) is 5.15 Å². The van der Waals surface area contributed by atoms with E-state index in [1.54, 1.807) is 6.20 Å². The van der Waals surface area contributed by atoms with Gasteiger partial charge in [0.1, 0.15) is 29.0 Å². The molecular weight excluding hydrogens is 384 g/mol. The van der Waals surface area contributed by atoms with Crippen molar-refractivity contribution in [2.45, 2.75) is 45.1 Å². The van der Waals surface area contributed by atoms with Crippen LogP contribution in [0.15, 0.2) is 36.5 Å². The Labute approximate surface area is 166 Å². The first kappa shape index (κ1) is 18.9. The van der Waals surface area contributed by atoms with E-state index in [1.807, 2.05) is 44.2 Å². The maximum atomic E-state index is 13.1. The molecule has 1 aliphatic carbocycles. The first-order valence-electron chi connectivity index (χ1n) is 9.09. The lowest BCUT2D eigenvalue weighted by Gasteiger charge is -2.33. The van der Waals surface area contributed by atoms with E-state index in [0.29, 0.717) is 23.3 Å². The average molecular weight is 404 g/mol. The molecule has 0 saturated heterocycles. The van der Waals surface area contributed by atoms with E-state index < -0.39 is 5.92 Å². The molecule has 0 spiro atoms. The number of imidazole rings is 1. The van der Waals surface area contributed by atoms with Crippen molar-refractivity contribution in [3.05, 3.63) is 64.3 Å². The molecule has 4 rings (SSSR count). The lowest BCUT2D eigenvalue weighted by Crippen LogP contribution is -2.34. The van der Waals surface area contributed by atoms with Gasteiger partial charge in [-0.15, -0.1) is 0 Å². The lowest BCUT2D eigenvalue weighted by atomic mass is 9.81. The van der Waals surface area contributed by atoms with E-state index >= 15 is 0 Å². The molecule has 7 heteroatoms. The minimum absolute atomic E-state index is 0.185. The van der Waals surface area contributed by atoms with E-state index in [2.05, 4.69) is 15.0 Å². The van der Waals surface area contributed by atoms with E-state index in [4.69, 9.17) is 16.3 Å². The summed E-state index contributed by atoms with van der Waals surface area (Å²) in [4.78, 5) is 11.7. The van der Waals surface area contributed by atoms with Gasteiger partial charge in [0.2, 0.25) is 5.92 Å². The lowest BCUT2D eigenvalue weighted by molar-refractivity contribution is -0.0883. The number of nitrogens with one attached hydrogen (secondary N) is 1. The van der Waals surface area contributed by atoms with Crippen LogP contribution in [0.3, 0.4) is 0 Å². The van der Waals surface area contributed by atoms with Crippen molar-refractivity contribution in [3.63, 3.8) is 0 Å². The van der Waals surface area contributed by atoms with E-state index in [0.717, 1.165) is 28.1 Å². The van der Waals surface area contributed by atoms with Gasteiger partial charge in [-0.1, -0.05) is 17.7 Å². The first-order valence-corrected chi connectivity index (χ1v) is 9.47. The largest absolute Gasteiger partial charge is 0.489 e. The summed E-state index contributed by atoms with van der Waals surface area (Å²) in [5.41, 5.74) is 4.29. The number of alkyl halides is 2. The van der Waals surface area contributed by atoms with Crippen LogP contribution in [-0.2, 0) is 6.61 Å². The Morgan fingerprint density at radius 1 is 1.21 bits per heavy atom. The fraction of sp³-hybridized carbons (Fsp3) is 0.333. The van der Waals surface area contributed by atoms with Gasteiger partial charge in [-0.25, -0.2) is 13.8 Å². The summed E-state index contributed by atoms with van der Waals surface area (Å²) in [7, 11) is 0. The maximum absolute atomic E-state index is 13.1. The van der Waals surface area contributed by atoms with Gasteiger partial charge in [0.05, 0.1) is 0 Å². The first-order chi connectivity index (χ1) is 13.3. The number of hydrogen-bond acceptors (Lipinski definition) is 3. The molecule has 0 bridgehead atoms. The topological polar surface area (TPSA) is 50.8 Å². The third-order valence-electron chi connectivity index (χ3n) is 4.97. The highest BCUT2D eigenvalue weighted by Gasteiger charge is 2.47. The van der Waals surface area contributed by atoms with Crippen molar-refractivity contribution in [1.29, 1.82) is 0 Å². The summed E-state index contributed by atoms with van der Waals surface area (Å²) >= 11 is 6.28. The summed E-state index contributed by atoms with van der Waals surface area (Å²) < 4.78 is 32.1. The minimum Gasteiger partial charge on any atom is -0.489 e.